The van der Waals surface area contributed by atoms with E-state index >= 15 is 0 Å². The second kappa shape index (κ2) is 7.54. The fourth-order valence-corrected chi connectivity index (χ4v) is 4.30. The number of benzene rings is 2. The van der Waals surface area contributed by atoms with Gasteiger partial charge >= 0.3 is 0 Å². The Morgan fingerprint density at radius 2 is 2.14 bits per heavy atom. The normalized spacial score (nSPS) is 11.6. The summed E-state index contributed by atoms with van der Waals surface area (Å²) in [4.78, 5) is 21.7. The summed E-state index contributed by atoms with van der Waals surface area (Å²) in [6, 6.07) is 11.0. The van der Waals surface area contributed by atoms with Gasteiger partial charge in [-0.15, -0.1) is 0 Å². The van der Waals surface area contributed by atoms with Crippen molar-refractivity contribution in [2.75, 3.05) is 7.11 Å². The molecule has 0 bridgehead atoms. The quantitative estimate of drug-likeness (QED) is 0.408. The van der Waals surface area contributed by atoms with Gasteiger partial charge in [0.25, 0.3) is 5.56 Å². The molecule has 9 heteroatoms. The first kappa shape index (κ1) is 18.9. The fourth-order valence-electron chi connectivity index (χ4n) is 2.74. The standard InChI is InChI=1S/C19H14BrClN4O2S/c1-10-13(9-22-19-23-15-6-3-11(20)7-17(15)28-19)18(26)25(24-10)12-4-5-14(21)16(8-12)27-2/h3-9,24H,1-2H3. The molecule has 0 radical (unpaired) electrons. The van der Waals surface area contributed by atoms with Gasteiger partial charge in [-0.25, -0.2) is 14.7 Å². The molecule has 0 atom stereocenters. The number of H-pyrrole nitrogens is 1. The van der Waals surface area contributed by atoms with Crippen LogP contribution in [-0.4, -0.2) is 28.1 Å². The lowest BCUT2D eigenvalue weighted by molar-refractivity contribution is 0.414. The molecule has 0 aliphatic carbocycles. The molecule has 6 nitrogen and oxygen atoms in total. The van der Waals surface area contributed by atoms with E-state index < -0.39 is 0 Å². The highest BCUT2D eigenvalue weighted by molar-refractivity contribution is 9.10. The van der Waals surface area contributed by atoms with Crippen LogP contribution in [0.2, 0.25) is 5.02 Å². The van der Waals surface area contributed by atoms with Crippen molar-refractivity contribution in [1.82, 2.24) is 14.8 Å². The van der Waals surface area contributed by atoms with Crippen LogP contribution >= 0.6 is 38.9 Å². The first-order valence-electron chi connectivity index (χ1n) is 8.22. The lowest BCUT2D eigenvalue weighted by atomic mass is 10.3. The SMILES string of the molecule is COc1cc(-n2[nH]c(C)c(C=Nc3nc4ccc(Br)cc4s3)c2=O)ccc1Cl. The van der Waals surface area contributed by atoms with Crippen LogP contribution in [0.1, 0.15) is 11.3 Å². The number of aryl methyl sites for hydroxylation is 1. The maximum absolute atomic E-state index is 12.9. The first-order valence-corrected chi connectivity index (χ1v) is 10.2. The molecule has 142 valence electrons. The molecular formula is C19H14BrClN4O2S. The van der Waals surface area contributed by atoms with Crippen molar-refractivity contribution in [3.63, 3.8) is 0 Å². The molecule has 0 spiro atoms. The highest BCUT2D eigenvalue weighted by atomic mass is 79.9. The third kappa shape index (κ3) is 3.50. The zero-order valence-electron chi connectivity index (χ0n) is 14.9. The Morgan fingerprint density at radius 3 is 2.93 bits per heavy atom. The second-order valence-corrected chi connectivity index (χ2v) is 8.31. The highest BCUT2D eigenvalue weighted by Gasteiger charge is 2.13. The molecule has 2 heterocycles. The number of methoxy groups -OCH3 is 1. The summed E-state index contributed by atoms with van der Waals surface area (Å²) in [5, 5.41) is 4.13. The maximum Gasteiger partial charge on any atom is 0.280 e. The number of nitrogens with one attached hydrogen (secondary N) is 1. The predicted molar refractivity (Wildman–Crippen MR) is 117 cm³/mol. The van der Waals surface area contributed by atoms with Crippen LogP contribution in [0, 0.1) is 6.92 Å². The van der Waals surface area contributed by atoms with Crippen molar-refractivity contribution in [1.29, 1.82) is 0 Å². The monoisotopic (exact) mass is 476 g/mol. The van der Waals surface area contributed by atoms with Gasteiger partial charge < -0.3 is 4.74 Å². The molecule has 0 unspecified atom stereocenters. The summed E-state index contributed by atoms with van der Waals surface area (Å²) in [7, 11) is 1.53. The Hall–Kier alpha value is -2.42. The molecule has 28 heavy (non-hydrogen) atoms. The molecule has 1 N–H and O–H groups in total. The Bertz CT molecular complexity index is 1270. The van der Waals surface area contributed by atoms with Crippen LogP contribution in [-0.2, 0) is 0 Å². The molecule has 0 saturated carbocycles. The Balaban J connectivity index is 1.71. The summed E-state index contributed by atoms with van der Waals surface area (Å²) in [6.45, 7) is 1.82. The number of ether oxygens (including phenoxy) is 1. The zero-order valence-corrected chi connectivity index (χ0v) is 18.0. The molecule has 0 saturated heterocycles. The number of aliphatic imine (C=N–C) groups is 1. The van der Waals surface area contributed by atoms with Gasteiger partial charge in [-0.05, 0) is 37.3 Å². The Morgan fingerprint density at radius 1 is 1.32 bits per heavy atom. The van der Waals surface area contributed by atoms with Crippen LogP contribution < -0.4 is 10.3 Å². The van der Waals surface area contributed by atoms with Crippen molar-refractivity contribution < 1.29 is 4.74 Å². The summed E-state index contributed by atoms with van der Waals surface area (Å²) in [5.41, 5.74) is 2.45. The second-order valence-electron chi connectivity index (χ2n) is 5.98. The van der Waals surface area contributed by atoms with E-state index in [1.54, 1.807) is 24.4 Å². The van der Waals surface area contributed by atoms with Crippen LogP contribution in [0.15, 0.2) is 50.7 Å². The minimum atomic E-state index is -0.213. The van der Waals surface area contributed by atoms with Gasteiger partial charge in [0.05, 0.1) is 33.6 Å². The molecule has 0 aliphatic rings. The average Bonchev–Trinajstić information content (AvgIpc) is 3.20. The summed E-state index contributed by atoms with van der Waals surface area (Å²) >= 11 is 11.0. The highest BCUT2D eigenvalue weighted by Crippen LogP contribution is 2.30. The minimum Gasteiger partial charge on any atom is -0.495 e. The van der Waals surface area contributed by atoms with E-state index in [4.69, 9.17) is 16.3 Å². The summed E-state index contributed by atoms with van der Waals surface area (Å²) in [6.07, 6.45) is 1.55. The zero-order chi connectivity index (χ0) is 19.8. The van der Waals surface area contributed by atoms with E-state index in [1.807, 2.05) is 25.1 Å². The van der Waals surface area contributed by atoms with E-state index in [0.29, 0.717) is 32.8 Å². The topological polar surface area (TPSA) is 72.3 Å². The number of hydrogen-bond donors (Lipinski definition) is 1. The third-order valence-corrected chi connectivity index (χ3v) is 5.88. The van der Waals surface area contributed by atoms with E-state index in [1.165, 1.54) is 23.1 Å². The van der Waals surface area contributed by atoms with Crippen LogP contribution in [0.3, 0.4) is 0 Å². The number of hydrogen-bond acceptors (Lipinski definition) is 5. The number of aromatic amines is 1. The van der Waals surface area contributed by atoms with Gasteiger partial charge in [-0.3, -0.25) is 9.89 Å². The van der Waals surface area contributed by atoms with Crippen molar-refractivity contribution in [2.45, 2.75) is 6.92 Å². The molecule has 0 fully saturated rings. The molecule has 2 aromatic heterocycles. The van der Waals surface area contributed by atoms with E-state index in [2.05, 4.69) is 31.0 Å². The average molecular weight is 478 g/mol. The molecule has 2 aromatic carbocycles. The van der Waals surface area contributed by atoms with Crippen molar-refractivity contribution >= 4 is 60.4 Å². The maximum atomic E-state index is 12.9. The van der Waals surface area contributed by atoms with Crippen LogP contribution in [0.25, 0.3) is 15.9 Å². The fraction of sp³-hybridized carbons (Fsp3) is 0.105. The summed E-state index contributed by atoms with van der Waals surface area (Å²) < 4.78 is 8.68. The van der Waals surface area contributed by atoms with E-state index in [0.717, 1.165) is 14.7 Å². The molecule has 0 amide bonds. The first-order chi connectivity index (χ1) is 13.5. The van der Waals surface area contributed by atoms with Gasteiger partial charge in [-0.2, -0.15) is 0 Å². The largest absolute Gasteiger partial charge is 0.495 e. The van der Waals surface area contributed by atoms with Crippen molar-refractivity contribution in [3.8, 4) is 11.4 Å². The van der Waals surface area contributed by atoms with Gasteiger partial charge in [0.15, 0.2) is 0 Å². The summed E-state index contributed by atoms with van der Waals surface area (Å²) in [5.74, 6) is 0.495. The lowest BCUT2D eigenvalue weighted by Gasteiger charge is -2.06. The van der Waals surface area contributed by atoms with Gasteiger partial charge in [-0.1, -0.05) is 38.9 Å². The smallest absolute Gasteiger partial charge is 0.280 e. The van der Waals surface area contributed by atoms with Crippen LogP contribution in [0.4, 0.5) is 5.13 Å². The predicted octanol–water partition coefficient (Wildman–Crippen LogP) is 5.26. The Labute approximate surface area is 177 Å². The number of aromatic nitrogens is 3. The minimum absolute atomic E-state index is 0.213. The molecule has 0 aliphatic heterocycles. The van der Waals surface area contributed by atoms with Crippen LogP contribution in [0.5, 0.6) is 5.75 Å². The van der Waals surface area contributed by atoms with Gasteiger partial charge in [0, 0.05) is 22.4 Å². The molecule has 4 rings (SSSR count). The number of halogens is 2. The number of rotatable bonds is 4. The van der Waals surface area contributed by atoms with Gasteiger partial charge in [0.2, 0.25) is 5.13 Å². The van der Waals surface area contributed by atoms with E-state index in [9.17, 15) is 4.79 Å². The van der Waals surface area contributed by atoms with Crippen molar-refractivity contribution in [3.05, 3.63) is 67.5 Å². The third-order valence-electron chi connectivity index (χ3n) is 4.15. The number of nitrogens with zero attached hydrogens (tertiary/aromatic N) is 3. The lowest BCUT2D eigenvalue weighted by Crippen LogP contribution is -2.17. The number of thiazole rings is 1. The van der Waals surface area contributed by atoms with Crippen molar-refractivity contribution in [2.24, 2.45) is 4.99 Å². The Kier molecular flexibility index (Phi) is 5.09. The van der Waals surface area contributed by atoms with E-state index in [-0.39, 0.29) is 5.56 Å². The molecular weight excluding hydrogens is 464 g/mol. The molecule has 4 aromatic rings. The van der Waals surface area contributed by atoms with Gasteiger partial charge in [0.1, 0.15) is 5.75 Å². The number of fused-ring (bicyclic) bond motifs is 1.